The van der Waals surface area contributed by atoms with Crippen molar-refractivity contribution < 1.29 is 8.42 Å². The molecule has 1 aliphatic heterocycles. The summed E-state index contributed by atoms with van der Waals surface area (Å²) in [4.78, 5) is 3.60. The van der Waals surface area contributed by atoms with Gasteiger partial charge in [-0.15, -0.1) is 11.3 Å². The molecule has 5 nitrogen and oxygen atoms in total. The molecule has 1 aliphatic rings. The molecule has 0 aliphatic carbocycles. The minimum Gasteiger partial charge on any atom is -0.310 e. The lowest BCUT2D eigenvalue weighted by atomic mass is 10.3. The third-order valence-electron chi connectivity index (χ3n) is 3.72. The van der Waals surface area contributed by atoms with E-state index in [9.17, 15) is 8.42 Å². The molecule has 0 bridgehead atoms. The lowest BCUT2D eigenvalue weighted by molar-refractivity contribution is 0.222. The molecule has 1 N–H and O–H groups in total. The van der Waals surface area contributed by atoms with Gasteiger partial charge in [0.2, 0.25) is 10.0 Å². The Hall–Kier alpha value is -0.470. The number of hydrogen-bond acceptors (Lipinski definition) is 5. The van der Waals surface area contributed by atoms with Crippen LogP contribution in [0, 0.1) is 6.92 Å². The van der Waals surface area contributed by atoms with Crippen LogP contribution < -0.4 is 5.32 Å². The monoisotopic (exact) mass is 331 g/mol. The van der Waals surface area contributed by atoms with Crippen LogP contribution in [0.2, 0.25) is 0 Å². The molecule has 0 unspecified atom stereocenters. The van der Waals surface area contributed by atoms with Crippen molar-refractivity contribution in [2.24, 2.45) is 0 Å². The minimum atomic E-state index is -3.37. The Kier molecular flexibility index (Phi) is 5.43. The summed E-state index contributed by atoms with van der Waals surface area (Å²) in [7, 11) is -1.35. The Morgan fingerprint density at radius 1 is 1.29 bits per heavy atom. The van der Waals surface area contributed by atoms with E-state index in [0.717, 1.165) is 23.5 Å². The summed E-state index contributed by atoms with van der Waals surface area (Å²) >= 11 is 1.53. The Morgan fingerprint density at radius 3 is 2.48 bits per heavy atom. The van der Waals surface area contributed by atoms with Crippen molar-refractivity contribution in [3.05, 3.63) is 15.8 Å². The van der Waals surface area contributed by atoms with Crippen molar-refractivity contribution in [2.75, 3.05) is 33.2 Å². The molecule has 0 radical (unpaired) electrons. The Morgan fingerprint density at radius 2 is 1.90 bits per heavy atom. The largest absolute Gasteiger partial charge is 0.310 e. The van der Waals surface area contributed by atoms with Crippen LogP contribution in [0.15, 0.2) is 10.3 Å². The van der Waals surface area contributed by atoms with Gasteiger partial charge in [-0.25, -0.2) is 8.42 Å². The maximum absolute atomic E-state index is 12.9. The quantitative estimate of drug-likeness (QED) is 0.888. The molecule has 0 amide bonds. The molecular weight excluding hydrogens is 306 g/mol. The van der Waals surface area contributed by atoms with E-state index in [0.29, 0.717) is 30.6 Å². The van der Waals surface area contributed by atoms with Crippen LogP contribution in [-0.4, -0.2) is 56.9 Å². The highest BCUT2D eigenvalue weighted by Gasteiger charge is 2.31. The first-order valence-corrected chi connectivity index (χ1v) is 9.63. The van der Waals surface area contributed by atoms with E-state index in [1.54, 1.807) is 4.31 Å². The molecule has 2 rings (SSSR count). The molecule has 0 aromatic carbocycles. The second-order valence-corrected chi connectivity index (χ2v) is 8.75. The molecule has 7 heteroatoms. The Balaban J connectivity index is 2.25. The number of hydrogen-bond donors (Lipinski definition) is 1. The number of sulfonamides is 1. The van der Waals surface area contributed by atoms with Crippen LogP contribution in [0.5, 0.6) is 0 Å². The fraction of sp³-hybridized carbons (Fsp3) is 0.714. The zero-order valence-corrected chi connectivity index (χ0v) is 14.9. The molecule has 1 saturated heterocycles. The summed E-state index contributed by atoms with van der Waals surface area (Å²) in [5, 5.41) is 5.26. The van der Waals surface area contributed by atoms with Crippen LogP contribution in [0.3, 0.4) is 0 Å². The summed E-state index contributed by atoms with van der Waals surface area (Å²) in [5.41, 5.74) is 0.861. The second-order valence-electron chi connectivity index (χ2n) is 5.91. The average Bonchev–Trinajstić information content (AvgIpc) is 2.78. The molecular formula is C14H25N3O2S2. The van der Waals surface area contributed by atoms with Gasteiger partial charge in [0, 0.05) is 43.6 Å². The number of nitrogens with one attached hydrogen (secondary N) is 1. The van der Waals surface area contributed by atoms with Gasteiger partial charge in [0.1, 0.15) is 4.90 Å². The molecule has 0 spiro atoms. The molecule has 0 atom stereocenters. The topological polar surface area (TPSA) is 52.7 Å². The fourth-order valence-electron chi connectivity index (χ4n) is 2.41. The first kappa shape index (κ1) is 16.9. The molecule has 1 fully saturated rings. The predicted octanol–water partition coefficient (Wildman–Crippen LogP) is 1.49. The third kappa shape index (κ3) is 3.84. The number of likely N-dealkylation sites (N-methyl/N-ethyl adjacent to an activating group) is 1. The van der Waals surface area contributed by atoms with Crippen LogP contribution in [0.25, 0.3) is 0 Å². The van der Waals surface area contributed by atoms with Crippen molar-refractivity contribution in [3.63, 3.8) is 0 Å². The van der Waals surface area contributed by atoms with Gasteiger partial charge in [-0.3, -0.25) is 0 Å². The van der Waals surface area contributed by atoms with Crippen molar-refractivity contribution in [2.45, 2.75) is 38.3 Å². The standard InChI is InChI=1S/C14H25N3O2S2/c1-11(2)15-9-13-14(12(3)10-20-13)21(18,19)17-7-5-16(4)6-8-17/h10-11,15H,5-9H2,1-4H3. The van der Waals surface area contributed by atoms with Gasteiger partial charge >= 0.3 is 0 Å². The number of thiophene rings is 1. The molecule has 120 valence electrons. The highest BCUT2D eigenvalue weighted by Crippen LogP contribution is 2.30. The van der Waals surface area contributed by atoms with Crippen molar-refractivity contribution in [1.29, 1.82) is 0 Å². The van der Waals surface area contributed by atoms with Crippen LogP contribution in [0.1, 0.15) is 24.3 Å². The maximum atomic E-state index is 12.9. The predicted molar refractivity (Wildman–Crippen MR) is 87.3 cm³/mol. The van der Waals surface area contributed by atoms with E-state index in [4.69, 9.17) is 0 Å². The van der Waals surface area contributed by atoms with E-state index in [1.165, 1.54) is 11.3 Å². The van der Waals surface area contributed by atoms with Gasteiger partial charge in [0.05, 0.1) is 0 Å². The van der Waals surface area contributed by atoms with Gasteiger partial charge in [-0.05, 0) is 24.9 Å². The van der Waals surface area contributed by atoms with Gasteiger partial charge in [-0.2, -0.15) is 4.31 Å². The molecule has 1 aromatic heterocycles. The average molecular weight is 332 g/mol. The summed E-state index contributed by atoms with van der Waals surface area (Å²) < 4.78 is 27.5. The summed E-state index contributed by atoms with van der Waals surface area (Å²) in [5.74, 6) is 0. The van der Waals surface area contributed by atoms with Crippen molar-refractivity contribution >= 4 is 21.4 Å². The molecule has 2 heterocycles. The Bertz CT molecular complexity index is 573. The highest BCUT2D eigenvalue weighted by molar-refractivity contribution is 7.89. The van der Waals surface area contributed by atoms with Gasteiger partial charge in [0.15, 0.2) is 0 Å². The highest BCUT2D eigenvalue weighted by atomic mass is 32.2. The molecule has 1 aromatic rings. The number of nitrogens with zero attached hydrogens (tertiary/aromatic N) is 2. The normalized spacial score (nSPS) is 18.5. The van der Waals surface area contributed by atoms with Crippen LogP contribution >= 0.6 is 11.3 Å². The van der Waals surface area contributed by atoms with Crippen molar-refractivity contribution in [1.82, 2.24) is 14.5 Å². The molecule has 0 saturated carbocycles. The maximum Gasteiger partial charge on any atom is 0.244 e. The van der Waals surface area contributed by atoms with Crippen molar-refractivity contribution in [3.8, 4) is 0 Å². The zero-order chi connectivity index (χ0) is 15.6. The zero-order valence-electron chi connectivity index (χ0n) is 13.2. The minimum absolute atomic E-state index is 0.339. The lowest BCUT2D eigenvalue weighted by Crippen LogP contribution is -2.47. The van der Waals surface area contributed by atoms with E-state index in [2.05, 4.69) is 24.1 Å². The van der Waals surface area contributed by atoms with Crippen LogP contribution in [0.4, 0.5) is 0 Å². The van der Waals surface area contributed by atoms with Crippen LogP contribution in [-0.2, 0) is 16.6 Å². The summed E-state index contributed by atoms with van der Waals surface area (Å²) in [6.07, 6.45) is 0. The number of aryl methyl sites for hydroxylation is 1. The number of piperazine rings is 1. The first-order valence-electron chi connectivity index (χ1n) is 7.31. The third-order valence-corrected chi connectivity index (χ3v) is 7.08. The first-order chi connectivity index (χ1) is 9.82. The van der Waals surface area contributed by atoms with E-state index in [1.807, 2.05) is 19.4 Å². The van der Waals surface area contributed by atoms with E-state index >= 15 is 0 Å². The van der Waals surface area contributed by atoms with Gasteiger partial charge < -0.3 is 10.2 Å². The Labute approximate surface area is 132 Å². The van der Waals surface area contributed by atoms with E-state index in [-0.39, 0.29) is 0 Å². The smallest absolute Gasteiger partial charge is 0.244 e. The number of rotatable bonds is 5. The SMILES string of the molecule is Cc1csc(CNC(C)C)c1S(=O)(=O)N1CCN(C)CC1. The van der Waals surface area contributed by atoms with Gasteiger partial charge in [-0.1, -0.05) is 13.8 Å². The summed E-state index contributed by atoms with van der Waals surface area (Å²) in [6.45, 7) is 9.36. The van der Waals surface area contributed by atoms with E-state index < -0.39 is 10.0 Å². The second kappa shape index (κ2) is 6.75. The molecule has 21 heavy (non-hydrogen) atoms. The summed E-state index contributed by atoms with van der Waals surface area (Å²) in [6, 6.07) is 0.339. The fourth-order valence-corrected chi connectivity index (χ4v) is 5.54. The van der Waals surface area contributed by atoms with Gasteiger partial charge in [0.25, 0.3) is 0 Å². The lowest BCUT2D eigenvalue weighted by Gasteiger charge is -2.31.